The SMILES string of the molecule is CCN(CC)C(C(C)=Cc1ccc(N(C)C)cc1)=C1C(=O)N(c2ccccc2)N=C1C. The summed E-state index contributed by atoms with van der Waals surface area (Å²) >= 11 is 0. The monoisotopic (exact) mass is 416 g/mol. The number of allylic oxidation sites excluding steroid dienone is 1. The van der Waals surface area contributed by atoms with Gasteiger partial charge in [-0.15, -0.1) is 0 Å². The van der Waals surface area contributed by atoms with Crippen molar-refractivity contribution in [2.45, 2.75) is 27.7 Å². The Morgan fingerprint density at radius 1 is 1.00 bits per heavy atom. The lowest BCUT2D eigenvalue weighted by molar-refractivity contribution is -0.114. The van der Waals surface area contributed by atoms with Crippen LogP contribution in [0.4, 0.5) is 11.4 Å². The molecule has 0 atom stereocenters. The number of nitrogens with zero attached hydrogens (tertiary/aromatic N) is 4. The van der Waals surface area contributed by atoms with E-state index in [2.05, 4.69) is 66.0 Å². The first-order valence-electron chi connectivity index (χ1n) is 10.8. The van der Waals surface area contributed by atoms with E-state index in [-0.39, 0.29) is 5.91 Å². The van der Waals surface area contributed by atoms with Gasteiger partial charge < -0.3 is 9.80 Å². The number of carbonyl (C=O) groups excluding carboxylic acids is 1. The summed E-state index contributed by atoms with van der Waals surface area (Å²) in [7, 11) is 4.07. The van der Waals surface area contributed by atoms with Crippen molar-refractivity contribution in [2.24, 2.45) is 5.10 Å². The highest BCUT2D eigenvalue weighted by Gasteiger charge is 2.33. The summed E-state index contributed by atoms with van der Waals surface area (Å²) in [5.41, 5.74) is 6.46. The zero-order valence-electron chi connectivity index (χ0n) is 19.4. The van der Waals surface area contributed by atoms with Gasteiger partial charge in [-0.1, -0.05) is 30.3 Å². The average molecular weight is 417 g/mol. The van der Waals surface area contributed by atoms with Crippen molar-refractivity contribution in [3.63, 3.8) is 0 Å². The van der Waals surface area contributed by atoms with Crippen LogP contribution in [0, 0.1) is 0 Å². The van der Waals surface area contributed by atoms with Gasteiger partial charge in [0.2, 0.25) is 0 Å². The van der Waals surface area contributed by atoms with Crippen LogP contribution in [0.5, 0.6) is 0 Å². The molecule has 0 saturated heterocycles. The van der Waals surface area contributed by atoms with Gasteiger partial charge in [0, 0.05) is 32.9 Å². The van der Waals surface area contributed by atoms with Crippen LogP contribution in [0.25, 0.3) is 6.08 Å². The number of rotatable bonds is 7. The Morgan fingerprint density at radius 3 is 2.16 bits per heavy atom. The first-order valence-corrected chi connectivity index (χ1v) is 10.8. The first kappa shape index (κ1) is 22.3. The van der Waals surface area contributed by atoms with Crippen molar-refractivity contribution >= 4 is 29.1 Å². The fourth-order valence-electron chi connectivity index (χ4n) is 3.85. The minimum atomic E-state index is -0.0821. The van der Waals surface area contributed by atoms with Crippen molar-refractivity contribution in [3.8, 4) is 0 Å². The van der Waals surface area contributed by atoms with E-state index in [9.17, 15) is 4.79 Å². The fraction of sp³-hybridized carbons (Fsp3) is 0.308. The summed E-state index contributed by atoms with van der Waals surface area (Å²) < 4.78 is 0. The van der Waals surface area contributed by atoms with E-state index in [1.807, 2.05) is 51.4 Å². The minimum absolute atomic E-state index is 0.0821. The van der Waals surface area contributed by atoms with Gasteiger partial charge in [-0.25, -0.2) is 0 Å². The molecule has 5 nitrogen and oxygen atoms in total. The number of hydrogen-bond acceptors (Lipinski definition) is 4. The molecule has 0 fully saturated rings. The van der Waals surface area contributed by atoms with Crippen molar-refractivity contribution in [1.29, 1.82) is 0 Å². The van der Waals surface area contributed by atoms with Gasteiger partial charge in [-0.3, -0.25) is 4.79 Å². The number of hydrazone groups is 1. The maximum Gasteiger partial charge on any atom is 0.282 e. The highest BCUT2D eigenvalue weighted by Crippen LogP contribution is 2.30. The van der Waals surface area contributed by atoms with Gasteiger partial charge >= 0.3 is 0 Å². The molecular weight excluding hydrogens is 384 g/mol. The molecule has 0 aromatic heterocycles. The second-order valence-electron chi connectivity index (χ2n) is 7.85. The van der Waals surface area contributed by atoms with Crippen molar-refractivity contribution in [3.05, 3.63) is 77.0 Å². The Bertz CT molecular complexity index is 1010. The molecule has 2 aromatic rings. The maximum absolute atomic E-state index is 13.5. The summed E-state index contributed by atoms with van der Waals surface area (Å²) in [4.78, 5) is 17.8. The van der Waals surface area contributed by atoms with Crippen molar-refractivity contribution in [2.75, 3.05) is 37.1 Å². The molecule has 0 radical (unpaired) electrons. The van der Waals surface area contributed by atoms with Crippen molar-refractivity contribution < 1.29 is 4.79 Å². The lowest BCUT2D eigenvalue weighted by atomic mass is 10.00. The van der Waals surface area contributed by atoms with Gasteiger partial charge in [-0.2, -0.15) is 10.1 Å². The third-order valence-corrected chi connectivity index (χ3v) is 5.50. The lowest BCUT2D eigenvalue weighted by Gasteiger charge is -2.27. The van der Waals surface area contributed by atoms with Gasteiger partial charge in [-0.05, 0) is 69.2 Å². The van der Waals surface area contributed by atoms with Gasteiger partial charge in [0.25, 0.3) is 5.91 Å². The van der Waals surface area contributed by atoms with E-state index >= 15 is 0 Å². The molecule has 0 aliphatic carbocycles. The topological polar surface area (TPSA) is 39.1 Å². The van der Waals surface area contributed by atoms with E-state index in [0.29, 0.717) is 5.57 Å². The smallest absolute Gasteiger partial charge is 0.282 e. The average Bonchev–Trinajstić information content (AvgIpc) is 3.06. The highest BCUT2D eigenvalue weighted by molar-refractivity contribution is 6.30. The molecule has 162 valence electrons. The Kier molecular flexibility index (Phi) is 6.95. The van der Waals surface area contributed by atoms with Gasteiger partial charge in [0.05, 0.1) is 22.7 Å². The van der Waals surface area contributed by atoms with E-state index in [1.165, 1.54) is 5.01 Å². The van der Waals surface area contributed by atoms with E-state index in [0.717, 1.165) is 47.0 Å². The van der Waals surface area contributed by atoms with Gasteiger partial charge in [0.15, 0.2) is 0 Å². The molecular formula is C26H32N4O. The number of anilines is 2. The van der Waals surface area contributed by atoms with Crippen LogP contribution in [0.1, 0.15) is 33.3 Å². The molecule has 31 heavy (non-hydrogen) atoms. The Hall–Kier alpha value is -3.34. The number of benzene rings is 2. The number of amides is 1. The molecule has 1 aliphatic heterocycles. The normalized spacial score (nSPS) is 15.8. The third-order valence-electron chi connectivity index (χ3n) is 5.50. The number of hydrogen-bond donors (Lipinski definition) is 0. The predicted molar refractivity (Wildman–Crippen MR) is 131 cm³/mol. The molecule has 1 heterocycles. The van der Waals surface area contributed by atoms with Crippen LogP contribution in [0.15, 0.2) is 76.5 Å². The van der Waals surface area contributed by atoms with Gasteiger partial charge in [0.1, 0.15) is 0 Å². The second-order valence-corrected chi connectivity index (χ2v) is 7.85. The lowest BCUT2D eigenvalue weighted by Crippen LogP contribution is -2.29. The third kappa shape index (κ3) is 4.71. The molecule has 1 aliphatic rings. The van der Waals surface area contributed by atoms with Crippen LogP contribution < -0.4 is 9.91 Å². The summed E-state index contributed by atoms with van der Waals surface area (Å²) in [5.74, 6) is -0.0821. The highest BCUT2D eigenvalue weighted by atomic mass is 16.2. The fourth-order valence-corrected chi connectivity index (χ4v) is 3.85. The van der Waals surface area contributed by atoms with Crippen LogP contribution in [-0.4, -0.2) is 43.7 Å². The number of likely N-dealkylation sites (N-methyl/N-ethyl adjacent to an activating group) is 1. The second kappa shape index (κ2) is 9.65. The number of para-hydroxylation sites is 1. The van der Waals surface area contributed by atoms with Crippen LogP contribution >= 0.6 is 0 Å². The molecule has 5 heteroatoms. The molecule has 0 N–H and O–H groups in total. The zero-order chi connectivity index (χ0) is 22.5. The quantitative estimate of drug-likeness (QED) is 0.584. The maximum atomic E-state index is 13.5. The molecule has 1 amide bonds. The molecule has 3 rings (SSSR count). The van der Waals surface area contributed by atoms with Crippen molar-refractivity contribution in [1.82, 2.24) is 4.90 Å². The van der Waals surface area contributed by atoms with E-state index in [1.54, 1.807) is 0 Å². The summed E-state index contributed by atoms with van der Waals surface area (Å²) in [5, 5.41) is 6.10. The van der Waals surface area contributed by atoms with Crippen LogP contribution in [0.3, 0.4) is 0 Å². The number of carbonyl (C=O) groups is 1. The standard InChI is InChI=1S/C26H32N4O/c1-7-29(8-2)25(19(3)18-21-14-16-22(17-15-21)28(5)6)24-20(4)27-30(26(24)31)23-12-10-9-11-13-23/h9-18H,7-8H2,1-6H3. The van der Waals surface area contributed by atoms with E-state index < -0.39 is 0 Å². The molecule has 2 aromatic carbocycles. The van der Waals surface area contributed by atoms with Crippen LogP contribution in [0.2, 0.25) is 0 Å². The Morgan fingerprint density at radius 2 is 1.61 bits per heavy atom. The Balaban J connectivity index is 2.07. The molecule has 0 bridgehead atoms. The summed E-state index contributed by atoms with van der Waals surface area (Å²) in [6, 6.07) is 18.0. The Labute approximate surface area is 186 Å². The first-order chi connectivity index (χ1) is 14.9. The summed E-state index contributed by atoms with van der Waals surface area (Å²) in [6.45, 7) is 9.84. The largest absolute Gasteiger partial charge is 0.378 e. The summed E-state index contributed by atoms with van der Waals surface area (Å²) in [6.07, 6.45) is 2.14. The van der Waals surface area contributed by atoms with E-state index in [4.69, 9.17) is 0 Å². The zero-order valence-corrected chi connectivity index (χ0v) is 19.4. The molecule has 0 unspecified atom stereocenters. The predicted octanol–water partition coefficient (Wildman–Crippen LogP) is 5.17. The molecule has 0 saturated carbocycles. The molecule has 0 spiro atoms. The van der Waals surface area contributed by atoms with Crippen LogP contribution in [-0.2, 0) is 4.79 Å². The minimum Gasteiger partial charge on any atom is -0.378 e.